The molecule has 0 fully saturated rings. The summed E-state index contributed by atoms with van der Waals surface area (Å²) in [6, 6.07) is 3.10. The van der Waals surface area contributed by atoms with Gasteiger partial charge < -0.3 is 9.05 Å². The normalized spacial score (nSPS) is 15.5. The average Bonchev–Trinajstić information content (AvgIpc) is 2.38. The van der Waals surface area contributed by atoms with Gasteiger partial charge in [0.1, 0.15) is 5.75 Å². The number of hydrogen-bond acceptors (Lipinski definition) is 3. The molecule has 0 amide bonds. The fraction of sp³-hybridized carbons (Fsp3) is 0.538. The largest absolute Gasteiger partial charge is 0.424 e. The Hall–Kier alpha value is -1.21. The third kappa shape index (κ3) is 5.42. The zero-order chi connectivity index (χ0) is 17.9. The van der Waals surface area contributed by atoms with E-state index in [1.807, 2.05) is 0 Å². The minimum absolute atomic E-state index is 0.0102. The van der Waals surface area contributed by atoms with Crippen LogP contribution in [0, 0.1) is 0 Å². The second-order valence-electron chi connectivity index (χ2n) is 4.52. The highest BCUT2D eigenvalue weighted by molar-refractivity contribution is 7.54. The van der Waals surface area contributed by atoms with Crippen LogP contribution in [0.1, 0.15) is 25.3 Å². The van der Waals surface area contributed by atoms with Gasteiger partial charge in [-0.3, -0.25) is 0 Å². The molecule has 0 radical (unpaired) electrons. The van der Waals surface area contributed by atoms with Crippen LogP contribution in [0.15, 0.2) is 24.3 Å². The minimum atomic E-state index is -5.47. The van der Waals surface area contributed by atoms with Crippen molar-refractivity contribution in [3.8, 4) is 5.75 Å². The summed E-state index contributed by atoms with van der Waals surface area (Å²) in [5.74, 6) is -3.72. The highest BCUT2D eigenvalue weighted by Gasteiger charge is 2.57. The van der Waals surface area contributed by atoms with Crippen LogP contribution in [0.3, 0.4) is 0 Å². The van der Waals surface area contributed by atoms with Crippen molar-refractivity contribution in [1.82, 2.24) is 0 Å². The van der Waals surface area contributed by atoms with Crippen LogP contribution in [-0.4, -0.2) is 25.1 Å². The first-order valence-electron chi connectivity index (χ1n) is 6.59. The van der Waals surface area contributed by atoms with Crippen molar-refractivity contribution in [2.24, 2.45) is 0 Å². The van der Waals surface area contributed by atoms with Gasteiger partial charge in [0.05, 0.1) is 12.8 Å². The summed E-state index contributed by atoms with van der Waals surface area (Å²) in [5, 5.41) is 0. The molecule has 3 nitrogen and oxygen atoms in total. The van der Waals surface area contributed by atoms with Gasteiger partial charge in [0.15, 0.2) is 5.92 Å². The Balaban J connectivity index is 3.06. The molecule has 0 aliphatic rings. The van der Waals surface area contributed by atoms with E-state index in [2.05, 4.69) is 0 Å². The van der Waals surface area contributed by atoms with Crippen molar-refractivity contribution < 1.29 is 40.0 Å². The molecule has 1 rings (SSSR count). The highest BCUT2D eigenvalue weighted by Crippen LogP contribution is 2.49. The Morgan fingerprint density at radius 3 is 1.83 bits per heavy atom. The summed E-state index contributed by atoms with van der Waals surface area (Å²) in [4.78, 5) is 0. The Morgan fingerprint density at radius 2 is 1.48 bits per heavy atom. The average molecular weight is 364 g/mol. The third-order valence-electron chi connectivity index (χ3n) is 2.83. The summed E-state index contributed by atoms with van der Waals surface area (Å²) >= 11 is 0. The van der Waals surface area contributed by atoms with E-state index in [-0.39, 0.29) is 18.5 Å². The molecule has 0 saturated carbocycles. The van der Waals surface area contributed by atoms with Crippen molar-refractivity contribution in [3.05, 3.63) is 29.8 Å². The van der Waals surface area contributed by atoms with Gasteiger partial charge >= 0.3 is 19.9 Å². The molecule has 1 aromatic carbocycles. The lowest BCUT2D eigenvalue weighted by Gasteiger charge is -2.23. The molecule has 0 saturated heterocycles. The fourth-order valence-corrected chi connectivity index (χ4v) is 3.02. The van der Waals surface area contributed by atoms with Gasteiger partial charge in [-0.1, -0.05) is 19.1 Å². The van der Waals surface area contributed by atoms with Gasteiger partial charge in [-0.05, 0) is 24.6 Å². The molecule has 1 unspecified atom stereocenters. The molecule has 10 heteroatoms. The van der Waals surface area contributed by atoms with Gasteiger partial charge in [0, 0.05) is 0 Å². The Labute approximate surface area is 129 Å². The molecule has 0 N–H and O–H groups in total. The van der Waals surface area contributed by atoms with E-state index in [1.54, 1.807) is 6.92 Å². The molecule has 132 valence electrons. The molecular weight excluding hydrogens is 349 g/mol. The number of halogens is 6. The first-order valence-corrected chi connectivity index (χ1v) is 8.32. The number of alkyl halides is 6. The lowest BCUT2D eigenvalue weighted by molar-refractivity contribution is -0.253. The van der Waals surface area contributed by atoms with Crippen molar-refractivity contribution in [1.29, 1.82) is 0 Å². The van der Waals surface area contributed by atoms with E-state index in [0.717, 1.165) is 12.1 Å². The van der Waals surface area contributed by atoms with Crippen LogP contribution in [-0.2, 0) is 9.09 Å². The Morgan fingerprint density at radius 1 is 1.00 bits per heavy atom. The van der Waals surface area contributed by atoms with Gasteiger partial charge in [0.2, 0.25) is 0 Å². The predicted molar refractivity (Wildman–Crippen MR) is 71.7 cm³/mol. The second kappa shape index (κ2) is 7.13. The molecule has 0 aliphatic carbocycles. The lowest BCUT2D eigenvalue weighted by atomic mass is 9.98. The zero-order valence-corrected chi connectivity index (χ0v) is 13.1. The first kappa shape index (κ1) is 19.8. The van der Waals surface area contributed by atoms with Gasteiger partial charge in [-0.25, -0.2) is 4.57 Å². The molecule has 1 atom stereocenters. The number of rotatable bonds is 6. The third-order valence-corrected chi connectivity index (χ3v) is 4.74. The Bertz CT molecular complexity index is 538. The van der Waals surface area contributed by atoms with Crippen LogP contribution in [0.25, 0.3) is 0 Å². The van der Waals surface area contributed by atoms with E-state index in [9.17, 15) is 30.9 Å². The molecule has 0 aliphatic heterocycles. The van der Waals surface area contributed by atoms with Crippen LogP contribution in [0.4, 0.5) is 26.3 Å². The smallest absolute Gasteiger partial charge is 0.404 e. The molecular formula is C13H15F6O3P. The quantitative estimate of drug-likeness (QED) is 0.492. The van der Waals surface area contributed by atoms with Gasteiger partial charge in [-0.2, -0.15) is 26.3 Å². The summed E-state index contributed by atoms with van der Waals surface area (Å²) in [7, 11) is -3.47. The number of benzene rings is 1. The standard InChI is InChI=1S/C13H15F6O3P/c1-3-21-23(20,4-2)22-10-7-5-9(6-8-10)11(12(14,15)16)13(17,18)19/h5-8,11H,3-4H2,1-2H3. The van der Waals surface area contributed by atoms with E-state index in [0.29, 0.717) is 12.1 Å². The summed E-state index contributed by atoms with van der Waals surface area (Å²) in [6.45, 7) is 3.19. The number of hydrogen-bond donors (Lipinski definition) is 0. The van der Waals surface area contributed by atoms with Crippen molar-refractivity contribution in [2.75, 3.05) is 12.8 Å². The van der Waals surface area contributed by atoms with Crippen LogP contribution < -0.4 is 4.52 Å². The van der Waals surface area contributed by atoms with Crippen LogP contribution in [0.5, 0.6) is 5.75 Å². The molecule has 0 bridgehead atoms. The van der Waals surface area contributed by atoms with E-state index in [4.69, 9.17) is 9.05 Å². The predicted octanol–water partition coefficient (Wildman–Crippen LogP) is 5.52. The summed E-state index contributed by atoms with van der Waals surface area (Å²) in [6.07, 6.45) is -10.9. The van der Waals surface area contributed by atoms with Gasteiger partial charge in [-0.15, -0.1) is 0 Å². The summed E-state index contributed by atoms with van der Waals surface area (Å²) < 4.78 is 97.8. The maximum atomic E-state index is 12.6. The van der Waals surface area contributed by atoms with E-state index < -0.39 is 31.4 Å². The van der Waals surface area contributed by atoms with Crippen molar-refractivity contribution >= 4 is 7.60 Å². The zero-order valence-electron chi connectivity index (χ0n) is 12.2. The topological polar surface area (TPSA) is 35.5 Å². The van der Waals surface area contributed by atoms with E-state index in [1.165, 1.54) is 6.92 Å². The van der Waals surface area contributed by atoms with Crippen molar-refractivity contribution in [2.45, 2.75) is 32.1 Å². The fourth-order valence-electron chi connectivity index (χ4n) is 1.82. The second-order valence-corrected chi connectivity index (χ2v) is 6.82. The van der Waals surface area contributed by atoms with Crippen LogP contribution in [0.2, 0.25) is 0 Å². The van der Waals surface area contributed by atoms with Crippen LogP contribution >= 0.6 is 7.60 Å². The molecule has 1 aromatic rings. The SMILES string of the molecule is CCOP(=O)(CC)Oc1ccc(C(C(F)(F)F)C(F)(F)F)cc1. The van der Waals surface area contributed by atoms with Crippen molar-refractivity contribution in [3.63, 3.8) is 0 Å². The minimum Gasteiger partial charge on any atom is -0.424 e. The summed E-state index contributed by atoms with van der Waals surface area (Å²) in [5.41, 5.74) is -0.972. The molecule has 0 aromatic heterocycles. The molecule has 0 heterocycles. The lowest BCUT2D eigenvalue weighted by Crippen LogP contribution is -2.34. The molecule has 0 spiro atoms. The molecule has 23 heavy (non-hydrogen) atoms. The maximum absolute atomic E-state index is 12.6. The monoisotopic (exact) mass is 364 g/mol. The maximum Gasteiger partial charge on any atom is 0.404 e. The van der Waals surface area contributed by atoms with E-state index >= 15 is 0 Å². The Kier molecular flexibility index (Phi) is 6.15. The highest BCUT2D eigenvalue weighted by atomic mass is 31.2. The first-order chi connectivity index (χ1) is 10.4. The van der Waals surface area contributed by atoms with Gasteiger partial charge in [0.25, 0.3) is 0 Å².